The molecule has 0 aliphatic carbocycles. The molecule has 2 heterocycles. The summed E-state index contributed by atoms with van der Waals surface area (Å²) in [4.78, 5) is 18.0. The van der Waals surface area contributed by atoms with Gasteiger partial charge in [-0.05, 0) is 25.0 Å². The number of aromatic nitrogens is 1. The Bertz CT molecular complexity index is 560. The highest BCUT2D eigenvalue weighted by molar-refractivity contribution is 5.74. The first kappa shape index (κ1) is 12.0. The van der Waals surface area contributed by atoms with Crippen LogP contribution in [-0.4, -0.2) is 36.1 Å². The Morgan fingerprint density at radius 2 is 2.32 bits per heavy atom. The molecule has 5 heteroatoms. The van der Waals surface area contributed by atoms with E-state index in [1.807, 2.05) is 29.2 Å². The lowest BCUT2D eigenvalue weighted by atomic mass is 9.98. The summed E-state index contributed by atoms with van der Waals surface area (Å²) >= 11 is 0. The number of hydrogen-bond donors (Lipinski definition) is 1. The minimum Gasteiger partial charge on any atom is -0.440 e. The summed E-state index contributed by atoms with van der Waals surface area (Å²) in [5.41, 5.74) is 1.70. The summed E-state index contributed by atoms with van der Waals surface area (Å²) in [7, 11) is 1.66. The van der Waals surface area contributed by atoms with Gasteiger partial charge in [0, 0.05) is 20.1 Å². The van der Waals surface area contributed by atoms with Crippen molar-refractivity contribution in [1.29, 1.82) is 0 Å². The molecule has 1 atom stereocenters. The van der Waals surface area contributed by atoms with E-state index in [9.17, 15) is 4.79 Å². The predicted octanol–water partition coefficient (Wildman–Crippen LogP) is 2.35. The molecular formula is C14H17N3O2. The first-order valence-corrected chi connectivity index (χ1v) is 6.60. The summed E-state index contributed by atoms with van der Waals surface area (Å²) in [6.45, 7) is 1.48. The van der Waals surface area contributed by atoms with E-state index < -0.39 is 0 Å². The van der Waals surface area contributed by atoms with E-state index in [1.165, 1.54) is 0 Å². The molecule has 1 fully saturated rings. The number of oxazole rings is 1. The highest BCUT2D eigenvalue weighted by Gasteiger charge is 2.27. The van der Waals surface area contributed by atoms with Crippen LogP contribution in [0.5, 0.6) is 0 Å². The van der Waals surface area contributed by atoms with Crippen molar-refractivity contribution in [2.24, 2.45) is 0 Å². The number of nitrogens with zero attached hydrogens (tertiary/aromatic N) is 2. The van der Waals surface area contributed by atoms with Crippen molar-refractivity contribution in [2.75, 3.05) is 20.1 Å². The fraction of sp³-hybridized carbons (Fsp3) is 0.429. The zero-order valence-corrected chi connectivity index (χ0v) is 10.9. The van der Waals surface area contributed by atoms with Crippen molar-refractivity contribution in [3.05, 3.63) is 30.2 Å². The topological polar surface area (TPSA) is 58.4 Å². The first-order valence-electron chi connectivity index (χ1n) is 6.60. The van der Waals surface area contributed by atoms with E-state index in [-0.39, 0.29) is 11.9 Å². The smallest absolute Gasteiger partial charge is 0.317 e. The molecule has 1 saturated heterocycles. The number of amides is 2. The van der Waals surface area contributed by atoms with Crippen LogP contribution in [-0.2, 0) is 0 Å². The molecular weight excluding hydrogens is 242 g/mol. The Kier molecular flexibility index (Phi) is 3.11. The van der Waals surface area contributed by atoms with Gasteiger partial charge in [-0.1, -0.05) is 12.1 Å². The molecule has 2 amide bonds. The van der Waals surface area contributed by atoms with Crippen molar-refractivity contribution in [3.63, 3.8) is 0 Å². The Labute approximate surface area is 111 Å². The van der Waals surface area contributed by atoms with E-state index in [0.29, 0.717) is 6.54 Å². The zero-order chi connectivity index (χ0) is 13.2. The molecule has 2 aromatic rings. The quantitative estimate of drug-likeness (QED) is 0.855. The summed E-state index contributed by atoms with van der Waals surface area (Å²) in [5, 5.41) is 2.67. The van der Waals surface area contributed by atoms with Gasteiger partial charge in [0.15, 0.2) is 11.5 Å². The van der Waals surface area contributed by atoms with Crippen LogP contribution in [0.15, 0.2) is 28.7 Å². The Morgan fingerprint density at radius 1 is 1.47 bits per heavy atom. The number of benzene rings is 1. The lowest BCUT2D eigenvalue weighted by molar-refractivity contribution is 0.177. The highest BCUT2D eigenvalue weighted by Crippen LogP contribution is 2.28. The van der Waals surface area contributed by atoms with Crippen LogP contribution in [0, 0.1) is 0 Å². The lowest BCUT2D eigenvalue weighted by Crippen LogP contribution is -2.43. The number of carbonyl (C=O) groups excluding carboxylic acids is 1. The van der Waals surface area contributed by atoms with Crippen molar-refractivity contribution in [2.45, 2.75) is 18.8 Å². The maximum atomic E-state index is 11.7. The molecule has 1 N–H and O–H groups in total. The maximum absolute atomic E-state index is 11.7. The molecule has 3 rings (SSSR count). The van der Waals surface area contributed by atoms with Crippen LogP contribution in [0.3, 0.4) is 0 Å². The number of nitrogens with one attached hydrogen (secondary N) is 1. The number of urea groups is 1. The Morgan fingerprint density at radius 3 is 3.11 bits per heavy atom. The third kappa shape index (κ3) is 2.28. The van der Waals surface area contributed by atoms with Crippen molar-refractivity contribution in [1.82, 2.24) is 15.2 Å². The fourth-order valence-corrected chi connectivity index (χ4v) is 2.59. The number of likely N-dealkylation sites (tertiary alicyclic amines) is 1. The van der Waals surface area contributed by atoms with Gasteiger partial charge in [-0.15, -0.1) is 0 Å². The molecule has 19 heavy (non-hydrogen) atoms. The van der Waals surface area contributed by atoms with Crippen LogP contribution < -0.4 is 5.32 Å². The Balaban J connectivity index is 1.83. The van der Waals surface area contributed by atoms with Gasteiger partial charge < -0.3 is 14.6 Å². The molecule has 100 valence electrons. The van der Waals surface area contributed by atoms with Crippen LogP contribution >= 0.6 is 0 Å². The number of fused-ring (bicyclic) bond motifs is 1. The standard InChI is InChI=1S/C14H17N3O2/c1-15-14(18)17-8-4-5-10(9-17)13-16-11-6-2-3-7-12(11)19-13/h2-3,6-7,10H,4-5,8-9H2,1H3,(H,15,18)/t10-/m1/s1. The number of piperidine rings is 1. The molecule has 0 unspecified atom stereocenters. The van der Waals surface area contributed by atoms with Gasteiger partial charge in [-0.25, -0.2) is 9.78 Å². The molecule has 1 aromatic carbocycles. The van der Waals surface area contributed by atoms with Gasteiger partial charge in [0.25, 0.3) is 0 Å². The lowest BCUT2D eigenvalue weighted by Gasteiger charge is -2.30. The average molecular weight is 259 g/mol. The van der Waals surface area contributed by atoms with Crippen molar-refractivity contribution >= 4 is 17.1 Å². The Hall–Kier alpha value is -2.04. The van der Waals surface area contributed by atoms with Crippen LogP contribution in [0.2, 0.25) is 0 Å². The minimum atomic E-state index is -0.0270. The number of para-hydroxylation sites is 2. The predicted molar refractivity (Wildman–Crippen MR) is 72.0 cm³/mol. The van der Waals surface area contributed by atoms with E-state index in [2.05, 4.69) is 10.3 Å². The molecule has 0 spiro atoms. The third-order valence-electron chi connectivity index (χ3n) is 3.58. The molecule has 0 radical (unpaired) electrons. The summed E-state index contributed by atoms with van der Waals surface area (Å²) in [5.74, 6) is 0.938. The summed E-state index contributed by atoms with van der Waals surface area (Å²) in [6, 6.07) is 7.73. The van der Waals surface area contributed by atoms with E-state index in [0.717, 1.165) is 36.4 Å². The normalized spacial score (nSPS) is 19.6. The fourth-order valence-electron chi connectivity index (χ4n) is 2.59. The van der Waals surface area contributed by atoms with Crippen molar-refractivity contribution in [3.8, 4) is 0 Å². The van der Waals surface area contributed by atoms with Gasteiger partial charge in [-0.3, -0.25) is 0 Å². The molecule has 1 aromatic heterocycles. The second-order valence-corrected chi connectivity index (χ2v) is 4.86. The highest BCUT2D eigenvalue weighted by atomic mass is 16.3. The van der Waals surface area contributed by atoms with Gasteiger partial charge in [-0.2, -0.15) is 0 Å². The largest absolute Gasteiger partial charge is 0.440 e. The van der Waals surface area contributed by atoms with Gasteiger partial charge >= 0.3 is 6.03 Å². The van der Waals surface area contributed by atoms with Gasteiger partial charge in [0.05, 0.1) is 5.92 Å². The third-order valence-corrected chi connectivity index (χ3v) is 3.58. The van der Waals surface area contributed by atoms with E-state index in [4.69, 9.17) is 4.42 Å². The molecule has 0 saturated carbocycles. The summed E-state index contributed by atoms with van der Waals surface area (Å²) < 4.78 is 5.80. The molecule has 5 nitrogen and oxygen atoms in total. The van der Waals surface area contributed by atoms with Crippen molar-refractivity contribution < 1.29 is 9.21 Å². The maximum Gasteiger partial charge on any atom is 0.317 e. The average Bonchev–Trinajstić information content (AvgIpc) is 2.90. The monoisotopic (exact) mass is 259 g/mol. The zero-order valence-electron chi connectivity index (χ0n) is 10.9. The molecule has 1 aliphatic rings. The number of hydrogen-bond acceptors (Lipinski definition) is 3. The SMILES string of the molecule is CNC(=O)N1CCC[C@@H](c2nc3ccccc3o2)C1. The second-order valence-electron chi connectivity index (χ2n) is 4.86. The van der Waals surface area contributed by atoms with E-state index >= 15 is 0 Å². The minimum absolute atomic E-state index is 0.0270. The second kappa shape index (κ2) is 4.91. The van der Waals surface area contributed by atoms with Crippen LogP contribution in [0.25, 0.3) is 11.1 Å². The number of rotatable bonds is 1. The first-order chi connectivity index (χ1) is 9.28. The number of carbonyl (C=O) groups is 1. The summed E-state index contributed by atoms with van der Waals surface area (Å²) in [6.07, 6.45) is 2.00. The molecule has 1 aliphatic heterocycles. The van der Waals surface area contributed by atoms with E-state index in [1.54, 1.807) is 7.05 Å². The molecule has 0 bridgehead atoms. The van der Waals surface area contributed by atoms with Gasteiger partial charge in [0.2, 0.25) is 0 Å². The van der Waals surface area contributed by atoms with Gasteiger partial charge in [0.1, 0.15) is 5.52 Å². The van der Waals surface area contributed by atoms with Crippen LogP contribution in [0.4, 0.5) is 4.79 Å². The van der Waals surface area contributed by atoms with Crippen LogP contribution in [0.1, 0.15) is 24.7 Å².